The van der Waals surface area contributed by atoms with E-state index in [1.54, 1.807) is 12.3 Å². The summed E-state index contributed by atoms with van der Waals surface area (Å²) in [5, 5.41) is 3.93. The summed E-state index contributed by atoms with van der Waals surface area (Å²) in [6.45, 7) is 8.36. The van der Waals surface area contributed by atoms with Gasteiger partial charge in [0.05, 0.1) is 12.9 Å². The molecular weight excluding hydrogens is 406 g/mol. The van der Waals surface area contributed by atoms with Crippen molar-refractivity contribution in [2.75, 3.05) is 11.9 Å². The van der Waals surface area contributed by atoms with Gasteiger partial charge in [0, 0.05) is 33.3 Å². The molecule has 0 spiro atoms. The monoisotopic (exact) mass is 427 g/mol. The molecule has 0 aliphatic rings. The number of amides is 1. The average Bonchev–Trinajstić information content (AvgIpc) is 2.98. The van der Waals surface area contributed by atoms with Gasteiger partial charge >= 0.3 is 0 Å². The minimum Gasteiger partial charge on any atom is -0.493 e. The Kier molecular flexibility index (Phi) is 5.71. The fourth-order valence-corrected chi connectivity index (χ4v) is 3.19. The van der Waals surface area contributed by atoms with Gasteiger partial charge in [0.15, 0.2) is 0 Å². The molecule has 3 aromatic rings. The van der Waals surface area contributed by atoms with Crippen LogP contribution in [0.2, 0.25) is 0 Å². The lowest BCUT2D eigenvalue weighted by molar-refractivity contribution is -0.111. The zero-order chi connectivity index (χ0) is 19.6. The molecule has 4 nitrogen and oxygen atoms in total. The lowest BCUT2D eigenvalue weighted by Gasteiger charge is -2.11. The van der Waals surface area contributed by atoms with Crippen molar-refractivity contribution in [1.82, 2.24) is 0 Å². The molecule has 2 aromatic carbocycles. The van der Waals surface area contributed by atoms with Crippen molar-refractivity contribution in [3.05, 3.63) is 63.8 Å². The van der Waals surface area contributed by atoms with Crippen molar-refractivity contribution in [3.8, 4) is 5.75 Å². The number of carbonyl (C=O) groups is 1. The van der Waals surface area contributed by atoms with Gasteiger partial charge in [-0.2, -0.15) is 0 Å². The summed E-state index contributed by atoms with van der Waals surface area (Å²) in [5.74, 6) is 0.529. The number of hydrogen-bond acceptors (Lipinski definition) is 3. The number of carbonyl (C=O) groups excluding carboxylic acids is 1. The fraction of sp³-hybridized carbons (Fsp3) is 0.227. The van der Waals surface area contributed by atoms with Crippen molar-refractivity contribution in [1.29, 1.82) is 0 Å². The SMILES string of the molecule is CCOc1cc2occ(C)c2cc1/C(C)=C/C(=O)Nc1ccc(Br)c(C)c1. The first-order valence-electron chi connectivity index (χ1n) is 8.79. The molecule has 0 aliphatic carbocycles. The van der Waals surface area contributed by atoms with E-state index < -0.39 is 0 Å². The molecular formula is C22H22BrNO3. The van der Waals surface area contributed by atoms with Crippen molar-refractivity contribution in [2.24, 2.45) is 0 Å². The van der Waals surface area contributed by atoms with Crippen LogP contribution in [-0.4, -0.2) is 12.5 Å². The summed E-state index contributed by atoms with van der Waals surface area (Å²) in [4.78, 5) is 12.5. The van der Waals surface area contributed by atoms with Gasteiger partial charge < -0.3 is 14.5 Å². The number of aryl methyl sites for hydroxylation is 2. The van der Waals surface area contributed by atoms with Crippen LogP contribution in [0.5, 0.6) is 5.75 Å². The van der Waals surface area contributed by atoms with Crippen LogP contribution in [0.1, 0.15) is 30.5 Å². The molecule has 0 saturated heterocycles. The van der Waals surface area contributed by atoms with Gasteiger partial charge in [-0.05, 0) is 68.7 Å². The Morgan fingerprint density at radius 3 is 2.70 bits per heavy atom. The number of nitrogens with one attached hydrogen (secondary N) is 1. The molecule has 27 heavy (non-hydrogen) atoms. The van der Waals surface area contributed by atoms with Crippen molar-refractivity contribution >= 4 is 44.1 Å². The zero-order valence-electron chi connectivity index (χ0n) is 15.9. The molecule has 0 unspecified atom stereocenters. The van der Waals surface area contributed by atoms with E-state index in [0.29, 0.717) is 12.4 Å². The van der Waals surface area contributed by atoms with Gasteiger partial charge in [-0.1, -0.05) is 15.9 Å². The molecule has 1 amide bonds. The Bertz CT molecular complexity index is 1030. The highest BCUT2D eigenvalue weighted by atomic mass is 79.9. The highest BCUT2D eigenvalue weighted by molar-refractivity contribution is 9.10. The number of benzene rings is 2. The third-order valence-corrected chi connectivity index (χ3v) is 5.26. The maximum absolute atomic E-state index is 12.5. The number of hydrogen-bond donors (Lipinski definition) is 1. The van der Waals surface area contributed by atoms with Crippen LogP contribution in [0.3, 0.4) is 0 Å². The molecule has 0 aliphatic heterocycles. The summed E-state index contributed by atoms with van der Waals surface area (Å²) in [5.41, 5.74) is 5.37. The molecule has 0 bridgehead atoms. The number of furan rings is 1. The minimum atomic E-state index is -0.180. The van der Waals surface area contributed by atoms with Crippen LogP contribution < -0.4 is 10.1 Å². The summed E-state index contributed by atoms with van der Waals surface area (Å²) in [6.07, 6.45) is 3.32. The lowest BCUT2D eigenvalue weighted by Crippen LogP contribution is -2.09. The van der Waals surface area contributed by atoms with Crippen molar-refractivity contribution in [3.63, 3.8) is 0 Å². The van der Waals surface area contributed by atoms with Gasteiger partial charge in [0.2, 0.25) is 5.91 Å². The highest BCUT2D eigenvalue weighted by Crippen LogP contribution is 2.33. The van der Waals surface area contributed by atoms with Gasteiger partial charge in [-0.3, -0.25) is 4.79 Å². The number of fused-ring (bicyclic) bond motifs is 1. The van der Waals surface area contributed by atoms with E-state index in [4.69, 9.17) is 9.15 Å². The Morgan fingerprint density at radius 1 is 1.22 bits per heavy atom. The smallest absolute Gasteiger partial charge is 0.248 e. The number of halogens is 1. The van der Waals surface area contributed by atoms with Gasteiger partial charge in [-0.25, -0.2) is 0 Å². The normalized spacial score (nSPS) is 11.7. The van der Waals surface area contributed by atoms with E-state index in [1.165, 1.54) is 0 Å². The van der Waals surface area contributed by atoms with Gasteiger partial charge in [0.1, 0.15) is 11.3 Å². The van der Waals surface area contributed by atoms with Gasteiger partial charge in [0.25, 0.3) is 0 Å². The first kappa shape index (κ1) is 19.2. The topological polar surface area (TPSA) is 51.5 Å². The Balaban J connectivity index is 1.91. The van der Waals surface area contributed by atoms with Crippen LogP contribution in [0, 0.1) is 13.8 Å². The van der Waals surface area contributed by atoms with E-state index in [-0.39, 0.29) is 5.91 Å². The molecule has 0 radical (unpaired) electrons. The molecule has 0 fully saturated rings. The van der Waals surface area contributed by atoms with E-state index in [0.717, 1.165) is 43.4 Å². The lowest BCUT2D eigenvalue weighted by atomic mass is 10.0. The molecule has 1 aromatic heterocycles. The van der Waals surface area contributed by atoms with E-state index in [9.17, 15) is 4.79 Å². The second-order valence-corrected chi connectivity index (χ2v) is 7.33. The zero-order valence-corrected chi connectivity index (χ0v) is 17.4. The number of anilines is 1. The molecule has 1 N–H and O–H groups in total. The van der Waals surface area contributed by atoms with Crippen LogP contribution in [0.15, 0.2) is 51.6 Å². The van der Waals surface area contributed by atoms with E-state index >= 15 is 0 Å². The largest absolute Gasteiger partial charge is 0.493 e. The van der Waals surface area contributed by atoms with Gasteiger partial charge in [-0.15, -0.1) is 0 Å². The summed E-state index contributed by atoms with van der Waals surface area (Å²) in [6, 6.07) is 9.61. The summed E-state index contributed by atoms with van der Waals surface area (Å²) >= 11 is 3.47. The Hall–Kier alpha value is -2.53. The van der Waals surface area contributed by atoms with Crippen LogP contribution in [0.25, 0.3) is 16.5 Å². The molecule has 140 valence electrons. The fourth-order valence-electron chi connectivity index (χ4n) is 2.94. The van der Waals surface area contributed by atoms with Crippen molar-refractivity contribution < 1.29 is 13.9 Å². The Labute approximate surface area is 167 Å². The first-order valence-corrected chi connectivity index (χ1v) is 9.58. The number of allylic oxidation sites excluding steroid dienone is 1. The van der Waals surface area contributed by atoms with Crippen LogP contribution >= 0.6 is 15.9 Å². The van der Waals surface area contributed by atoms with Crippen LogP contribution in [-0.2, 0) is 4.79 Å². The van der Waals surface area contributed by atoms with E-state index in [2.05, 4.69) is 21.2 Å². The average molecular weight is 428 g/mol. The molecule has 0 atom stereocenters. The van der Waals surface area contributed by atoms with E-state index in [1.807, 2.05) is 58.0 Å². The highest BCUT2D eigenvalue weighted by Gasteiger charge is 2.13. The minimum absolute atomic E-state index is 0.180. The predicted molar refractivity (Wildman–Crippen MR) is 113 cm³/mol. The summed E-state index contributed by atoms with van der Waals surface area (Å²) < 4.78 is 12.3. The first-order chi connectivity index (χ1) is 12.9. The predicted octanol–water partition coefficient (Wildman–Crippen LogP) is 6.25. The maximum Gasteiger partial charge on any atom is 0.248 e. The summed E-state index contributed by atoms with van der Waals surface area (Å²) in [7, 11) is 0. The van der Waals surface area contributed by atoms with Crippen LogP contribution in [0.4, 0.5) is 5.69 Å². The second kappa shape index (κ2) is 8.01. The third-order valence-electron chi connectivity index (χ3n) is 4.37. The molecule has 3 rings (SSSR count). The third kappa shape index (κ3) is 4.25. The molecule has 1 heterocycles. The number of ether oxygens (including phenoxy) is 1. The van der Waals surface area contributed by atoms with Crippen molar-refractivity contribution in [2.45, 2.75) is 27.7 Å². The number of rotatable bonds is 5. The Morgan fingerprint density at radius 2 is 2.00 bits per heavy atom. The quantitative estimate of drug-likeness (QED) is 0.489. The second-order valence-electron chi connectivity index (χ2n) is 6.48. The maximum atomic E-state index is 12.5. The standard InChI is InChI=1S/C22H22BrNO3/c1-5-26-20-11-21-18(15(4)12-27-21)10-17(20)13(2)9-22(25)24-16-6-7-19(23)14(3)8-16/h6-12H,5H2,1-4H3,(H,24,25)/b13-9+. The molecule has 0 saturated carbocycles. The molecule has 5 heteroatoms.